The first-order valence-corrected chi connectivity index (χ1v) is 10.7. The number of methoxy groups -OCH3 is 1. The molecule has 0 atom stereocenters. The first-order chi connectivity index (χ1) is 13.4. The van der Waals surface area contributed by atoms with Crippen LogP contribution in [-0.2, 0) is 10.0 Å². The SMILES string of the molecule is COc1cc(F)ccc1-c1ccnc2[nH]c(C3=CCN(S(C)(=O)=O)CC3)cc12. The summed E-state index contributed by atoms with van der Waals surface area (Å²) < 4.78 is 43.8. The van der Waals surface area contributed by atoms with E-state index in [0.29, 0.717) is 30.9 Å². The van der Waals surface area contributed by atoms with Crippen LogP contribution in [0.2, 0.25) is 0 Å². The van der Waals surface area contributed by atoms with Crippen LogP contribution in [0.15, 0.2) is 42.6 Å². The highest BCUT2D eigenvalue weighted by molar-refractivity contribution is 7.88. The first-order valence-electron chi connectivity index (χ1n) is 8.83. The molecule has 3 aromatic rings. The zero-order valence-corrected chi connectivity index (χ0v) is 16.4. The largest absolute Gasteiger partial charge is 0.496 e. The molecule has 146 valence electrons. The van der Waals surface area contributed by atoms with Crippen molar-refractivity contribution < 1.29 is 17.5 Å². The van der Waals surface area contributed by atoms with Crippen LogP contribution in [0.5, 0.6) is 5.75 Å². The molecule has 1 aromatic carbocycles. The molecule has 0 aliphatic carbocycles. The van der Waals surface area contributed by atoms with Crippen LogP contribution >= 0.6 is 0 Å². The Balaban J connectivity index is 1.76. The van der Waals surface area contributed by atoms with Gasteiger partial charge in [-0.3, -0.25) is 0 Å². The number of fused-ring (bicyclic) bond motifs is 1. The lowest BCUT2D eigenvalue weighted by atomic mass is 10.0. The number of rotatable bonds is 4. The van der Waals surface area contributed by atoms with E-state index < -0.39 is 10.0 Å². The van der Waals surface area contributed by atoms with Crippen molar-refractivity contribution in [2.45, 2.75) is 6.42 Å². The van der Waals surface area contributed by atoms with E-state index in [2.05, 4.69) is 9.97 Å². The van der Waals surface area contributed by atoms with E-state index >= 15 is 0 Å². The highest BCUT2D eigenvalue weighted by atomic mass is 32.2. The van der Waals surface area contributed by atoms with Gasteiger partial charge < -0.3 is 9.72 Å². The molecule has 2 aromatic heterocycles. The Hall–Kier alpha value is -2.71. The maximum absolute atomic E-state index is 13.6. The van der Waals surface area contributed by atoms with E-state index in [1.165, 1.54) is 29.8 Å². The van der Waals surface area contributed by atoms with Crippen molar-refractivity contribution in [1.82, 2.24) is 14.3 Å². The van der Waals surface area contributed by atoms with Crippen molar-refractivity contribution in [3.8, 4) is 16.9 Å². The fourth-order valence-electron chi connectivity index (χ4n) is 3.52. The minimum atomic E-state index is -3.19. The standard InChI is InChI=1S/C20H20FN3O3S/c1-27-19-11-14(21)3-4-16(19)15-5-8-22-20-17(15)12-18(23-20)13-6-9-24(10-7-13)28(2,25)26/h3-6,8,11-12H,7,9-10H2,1-2H3,(H,22,23). The molecule has 0 radical (unpaired) electrons. The van der Waals surface area contributed by atoms with Crippen LogP contribution in [0.1, 0.15) is 12.1 Å². The van der Waals surface area contributed by atoms with Crippen LogP contribution in [0.3, 0.4) is 0 Å². The van der Waals surface area contributed by atoms with Gasteiger partial charge >= 0.3 is 0 Å². The van der Waals surface area contributed by atoms with Gasteiger partial charge in [0.15, 0.2) is 0 Å². The van der Waals surface area contributed by atoms with Crippen molar-refractivity contribution >= 4 is 26.6 Å². The molecular weight excluding hydrogens is 381 g/mol. The number of nitrogens with one attached hydrogen (secondary N) is 1. The van der Waals surface area contributed by atoms with Gasteiger partial charge in [-0.1, -0.05) is 6.08 Å². The van der Waals surface area contributed by atoms with E-state index in [0.717, 1.165) is 27.8 Å². The van der Waals surface area contributed by atoms with Crippen molar-refractivity contribution in [2.24, 2.45) is 0 Å². The highest BCUT2D eigenvalue weighted by Gasteiger charge is 2.21. The second-order valence-corrected chi connectivity index (χ2v) is 8.73. The lowest BCUT2D eigenvalue weighted by Crippen LogP contribution is -2.33. The van der Waals surface area contributed by atoms with Crippen molar-refractivity contribution in [1.29, 1.82) is 0 Å². The van der Waals surface area contributed by atoms with Gasteiger partial charge in [-0.05, 0) is 41.8 Å². The minimum absolute atomic E-state index is 0.357. The van der Waals surface area contributed by atoms with Gasteiger partial charge in [0, 0.05) is 42.0 Å². The Bertz CT molecular complexity index is 1180. The predicted octanol–water partition coefficient (Wildman–Crippen LogP) is 3.43. The summed E-state index contributed by atoms with van der Waals surface area (Å²) in [4.78, 5) is 7.72. The zero-order valence-electron chi connectivity index (χ0n) is 15.6. The number of H-pyrrole nitrogens is 1. The van der Waals surface area contributed by atoms with Gasteiger partial charge in [0.2, 0.25) is 10.0 Å². The molecule has 0 bridgehead atoms. The van der Waals surface area contributed by atoms with Gasteiger partial charge in [-0.25, -0.2) is 17.8 Å². The average molecular weight is 401 g/mol. The van der Waals surface area contributed by atoms with Gasteiger partial charge in [0.1, 0.15) is 17.2 Å². The fourth-order valence-corrected chi connectivity index (χ4v) is 4.29. The Kier molecular flexibility index (Phi) is 4.68. The Labute approximate surface area is 162 Å². The number of hydrogen-bond donors (Lipinski definition) is 1. The molecule has 4 rings (SSSR count). The Morgan fingerprint density at radius 3 is 2.71 bits per heavy atom. The highest BCUT2D eigenvalue weighted by Crippen LogP contribution is 2.36. The minimum Gasteiger partial charge on any atom is -0.496 e. The quantitative estimate of drug-likeness (QED) is 0.727. The molecule has 8 heteroatoms. The summed E-state index contributed by atoms with van der Waals surface area (Å²) in [5.74, 6) is 0.0966. The van der Waals surface area contributed by atoms with Crippen LogP contribution in [0.4, 0.5) is 4.39 Å². The lowest BCUT2D eigenvalue weighted by Gasteiger charge is -2.23. The summed E-state index contributed by atoms with van der Waals surface area (Å²) in [5, 5.41) is 0.897. The molecule has 1 aliphatic rings. The number of hydrogen-bond acceptors (Lipinski definition) is 4. The van der Waals surface area contributed by atoms with E-state index in [1.807, 2.05) is 18.2 Å². The third kappa shape index (κ3) is 3.41. The van der Waals surface area contributed by atoms with Crippen LogP contribution in [0, 0.1) is 5.82 Å². The molecular formula is C20H20FN3O3S. The van der Waals surface area contributed by atoms with Gasteiger partial charge in [0.05, 0.1) is 13.4 Å². The number of benzene rings is 1. The zero-order chi connectivity index (χ0) is 19.9. The summed E-state index contributed by atoms with van der Waals surface area (Å²) in [6, 6.07) is 8.33. The molecule has 0 saturated heterocycles. The fraction of sp³-hybridized carbons (Fsp3) is 0.250. The van der Waals surface area contributed by atoms with Crippen LogP contribution in [-0.4, -0.2) is 49.1 Å². The number of halogens is 1. The van der Waals surface area contributed by atoms with Gasteiger partial charge in [-0.2, -0.15) is 4.31 Å². The molecule has 0 saturated carbocycles. The third-order valence-electron chi connectivity index (χ3n) is 4.97. The predicted molar refractivity (Wildman–Crippen MR) is 107 cm³/mol. The van der Waals surface area contributed by atoms with Crippen LogP contribution < -0.4 is 4.74 Å². The number of pyridine rings is 1. The normalized spacial score (nSPS) is 15.6. The second-order valence-electron chi connectivity index (χ2n) is 6.75. The Morgan fingerprint density at radius 2 is 2.04 bits per heavy atom. The molecule has 0 spiro atoms. The number of aromatic nitrogens is 2. The number of sulfonamides is 1. The van der Waals surface area contributed by atoms with E-state index in [4.69, 9.17) is 4.74 Å². The van der Waals surface area contributed by atoms with Crippen molar-refractivity contribution in [3.05, 3.63) is 54.1 Å². The summed E-state index contributed by atoms with van der Waals surface area (Å²) in [7, 11) is -1.67. The summed E-state index contributed by atoms with van der Waals surface area (Å²) in [6.45, 7) is 0.807. The number of ether oxygens (including phenoxy) is 1. The molecule has 28 heavy (non-hydrogen) atoms. The summed E-state index contributed by atoms with van der Waals surface area (Å²) in [5.41, 5.74) is 4.34. The first kappa shape index (κ1) is 18.6. The smallest absolute Gasteiger partial charge is 0.211 e. The average Bonchev–Trinajstić information content (AvgIpc) is 3.12. The topological polar surface area (TPSA) is 75.3 Å². The number of aromatic amines is 1. The lowest BCUT2D eigenvalue weighted by molar-refractivity contribution is 0.413. The summed E-state index contributed by atoms with van der Waals surface area (Å²) in [6.07, 6.45) is 5.46. The maximum atomic E-state index is 13.6. The molecule has 6 nitrogen and oxygen atoms in total. The molecule has 1 aliphatic heterocycles. The van der Waals surface area contributed by atoms with Gasteiger partial charge in [0.25, 0.3) is 0 Å². The van der Waals surface area contributed by atoms with E-state index in [-0.39, 0.29) is 5.82 Å². The maximum Gasteiger partial charge on any atom is 0.211 e. The summed E-state index contributed by atoms with van der Waals surface area (Å²) >= 11 is 0. The molecule has 0 fully saturated rings. The van der Waals surface area contributed by atoms with Crippen LogP contribution in [0.25, 0.3) is 27.7 Å². The van der Waals surface area contributed by atoms with Crippen molar-refractivity contribution in [3.63, 3.8) is 0 Å². The second kappa shape index (κ2) is 7.03. The third-order valence-corrected chi connectivity index (χ3v) is 6.24. The molecule has 3 heterocycles. The molecule has 0 unspecified atom stereocenters. The van der Waals surface area contributed by atoms with E-state index in [9.17, 15) is 12.8 Å². The van der Waals surface area contributed by atoms with Crippen molar-refractivity contribution in [2.75, 3.05) is 26.5 Å². The molecule has 1 N–H and O–H groups in total. The Morgan fingerprint density at radius 1 is 1.21 bits per heavy atom. The molecule has 0 amide bonds. The monoisotopic (exact) mass is 401 g/mol. The van der Waals surface area contributed by atoms with Gasteiger partial charge in [-0.15, -0.1) is 0 Å². The number of nitrogens with zero attached hydrogens (tertiary/aromatic N) is 2. The van der Waals surface area contributed by atoms with E-state index in [1.54, 1.807) is 12.3 Å².